The van der Waals surface area contributed by atoms with Gasteiger partial charge in [0.15, 0.2) is 5.82 Å². The van der Waals surface area contributed by atoms with Gasteiger partial charge < -0.3 is 4.52 Å². The van der Waals surface area contributed by atoms with Crippen LogP contribution in [0.15, 0.2) is 52.4 Å². The number of aromatic nitrogens is 2. The van der Waals surface area contributed by atoms with Crippen LogP contribution in [0.2, 0.25) is 0 Å². The first-order valence-electron chi connectivity index (χ1n) is 5.68. The van der Waals surface area contributed by atoms with E-state index in [4.69, 9.17) is 4.52 Å². The molecule has 91 valence electrons. The minimum Gasteiger partial charge on any atom is -0.333 e. The molecule has 1 aromatic heterocycles. The van der Waals surface area contributed by atoms with Crippen molar-refractivity contribution in [3.63, 3.8) is 0 Å². The standard InChI is InChI=1S/C14H13N2OS/c1-18-9-5-8-12(18)14-15-13(16-17-14)10-11-6-3-2-4-7-11/h2-9,18H,1,10H2. The molecular formula is C14H13N2OS. The molecule has 0 saturated carbocycles. The highest BCUT2D eigenvalue weighted by molar-refractivity contribution is 8.28. The fourth-order valence-corrected chi connectivity index (χ4v) is 2.89. The Morgan fingerprint density at radius 3 is 2.78 bits per heavy atom. The molecule has 0 amide bonds. The molecule has 4 heteroatoms. The van der Waals surface area contributed by atoms with Crippen molar-refractivity contribution in [2.45, 2.75) is 6.42 Å². The molecule has 2 heterocycles. The highest BCUT2D eigenvalue weighted by Gasteiger charge is 2.16. The molecule has 0 bridgehead atoms. The van der Waals surface area contributed by atoms with Crippen LogP contribution in [0.25, 0.3) is 4.91 Å². The maximum Gasteiger partial charge on any atom is 0.262 e. The van der Waals surface area contributed by atoms with E-state index in [2.05, 4.69) is 33.9 Å². The van der Waals surface area contributed by atoms with Gasteiger partial charge in [0.25, 0.3) is 5.89 Å². The molecule has 3 nitrogen and oxygen atoms in total. The van der Waals surface area contributed by atoms with Gasteiger partial charge >= 0.3 is 0 Å². The van der Waals surface area contributed by atoms with Gasteiger partial charge in [0.05, 0.1) is 4.91 Å². The lowest BCUT2D eigenvalue weighted by Crippen LogP contribution is -1.90. The van der Waals surface area contributed by atoms with Crippen LogP contribution in [0.4, 0.5) is 0 Å². The van der Waals surface area contributed by atoms with E-state index >= 15 is 0 Å². The van der Waals surface area contributed by atoms with E-state index in [0.29, 0.717) is 18.1 Å². The Balaban J connectivity index is 1.78. The van der Waals surface area contributed by atoms with Crippen molar-refractivity contribution in [3.8, 4) is 0 Å². The van der Waals surface area contributed by atoms with E-state index in [1.54, 1.807) is 0 Å². The summed E-state index contributed by atoms with van der Waals surface area (Å²) in [6.07, 6.45) is 8.76. The van der Waals surface area contributed by atoms with Crippen LogP contribution in [-0.2, 0) is 6.42 Å². The summed E-state index contributed by atoms with van der Waals surface area (Å²) < 4.78 is 5.30. The van der Waals surface area contributed by atoms with Gasteiger partial charge in [-0.15, -0.1) is 0 Å². The molecule has 2 aromatic rings. The highest BCUT2D eigenvalue weighted by Crippen LogP contribution is 2.44. The molecule has 1 aromatic carbocycles. The largest absolute Gasteiger partial charge is 0.333 e. The van der Waals surface area contributed by atoms with Gasteiger partial charge in [-0.3, -0.25) is 0 Å². The third-order valence-electron chi connectivity index (χ3n) is 2.72. The Morgan fingerprint density at radius 1 is 1.22 bits per heavy atom. The lowest BCUT2D eigenvalue weighted by molar-refractivity contribution is 0.403. The number of benzene rings is 1. The minimum absolute atomic E-state index is 0.516. The number of hydrogen-bond acceptors (Lipinski definition) is 3. The smallest absolute Gasteiger partial charge is 0.262 e. The van der Waals surface area contributed by atoms with Gasteiger partial charge in [0, 0.05) is 6.42 Å². The third-order valence-corrected chi connectivity index (χ3v) is 4.21. The van der Waals surface area contributed by atoms with Crippen molar-refractivity contribution in [3.05, 3.63) is 71.4 Å². The van der Waals surface area contributed by atoms with Gasteiger partial charge in [0.1, 0.15) is 0 Å². The summed E-state index contributed by atoms with van der Waals surface area (Å²) in [7, 11) is -0.516. The first kappa shape index (κ1) is 11.3. The Bertz CT molecular complexity index is 601. The molecule has 0 saturated heterocycles. The summed E-state index contributed by atoms with van der Waals surface area (Å²) in [6, 6.07) is 10.1. The molecule has 1 aliphatic heterocycles. The molecule has 3 rings (SSSR count). The summed E-state index contributed by atoms with van der Waals surface area (Å²) >= 11 is 0. The maximum absolute atomic E-state index is 5.30. The fraction of sp³-hybridized carbons (Fsp3) is 0.0714. The van der Waals surface area contributed by atoms with Crippen molar-refractivity contribution in [2.75, 3.05) is 0 Å². The average Bonchev–Trinajstić information content (AvgIpc) is 2.99. The average molecular weight is 257 g/mol. The van der Waals surface area contributed by atoms with Crippen LogP contribution < -0.4 is 0 Å². The van der Waals surface area contributed by atoms with E-state index in [9.17, 15) is 0 Å². The van der Waals surface area contributed by atoms with Crippen LogP contribution in [0.1, 0.15) is 17.3 Å². The van der Waals surface area contributed by atoms with Crippen molar-refractivity contribution in [2.24, 2.45) is 0 Å². The van der Waals surface area contributed by atoms with Crippen molar-refractivity contribution >= 4 is 15.8 Å². The molecule has 1 atom stereocenters. The second kappa shape index (κ2) is 4.82. The molecule has 1 unspecified atom stereocenters. The molecule has 18 heavy (non-hydrogen) atoms. The lowest BCUT2D eigenvalue weighted by atomic mass is 10.1. The maximum atomic E-state index is 5.30. The molecular weight excluding hydrogens is 244 g/mol. The predicted octanol–water partition coefficient (Wildman–Crippen LogP) is 3.32. The van der Waals surface area contributed by atoms with Gasteiger partial charge in [0.2, 0.25) is 0 Å². The monoisotopic (exact) mass is 257 g/mol. The van der Waals surface area contributed by atoms with E-state index in [0.717, 1.165) is 4.91 Å². The number of rotatable bonds is 3. The van der Waals surface area contributed by atoms with E-state index in [1.165, 1.54) is 5.56 Å². The Kier molecular flexibility index (Phi) is 3.02. The number of thiol groups is 1. The van der Waals surface area contributed by atoms with Crippen molar-refractivity contribution < 1.29 is 4.52 Å². The molecule has 0 fully saturated rings. The predicted molar refractivity (Wildman–Crippen MR) is 75.0 cm³/mol. The second-order valence-electron chi connectivity index (χ2n) is 4.04. The van der Waals surface area contributed by atoms with E-state index in [-0.39, 0.29) is 0 Å². The third kappa shape index (κ3) is 2.24. The molecule has 0 N–H and O–H groups in total. The topological polar surface area (TPSA) is 38.9 Å². The van der Waals surface area contributed by atoms with Crippen molar-refractivity contribution in [1.29, 1.82) is 0 Å². The minimum atomic E-state index is -0.516. The fourth-order valence-electron chi connectivity index (χ4n) is 1.82. The Labute approximate surface area is 109 Å². The van der Waals surface area contributed by atoms with Gasteiger partial charge in [-0.1, -0.05) is 41.6 Å². The zero-order chi connectivity index (χ0) is 12.4. The first-order chi connectivity index (χ1) is 8.83. The van der Waals surface area contributed by atoms with Crippen LogP contribution in [0.3, 0.4) is 0 Å². The second-order valence-corrected chi connectivity index (χ2v) is 5.76. The molecule has 0 aliphatic carbocycles. The van der Waals surface area contributed by atoms with E-state index < -0.39 is 10.9 Å². The first-order valence-corrected chi connectivity index (χ1v) is 7.27. The zero-order valence-electron chi connectivity index (χ0n) is 9.78. The van der Waals surface area contributed by atoms with Crippen LogP contribution in [-0.4, -0.2) is 10.1 Å². The number of nitrogens with zero attached hydrogens (tertiary/aromatic N) is 2. The quantitative estimate of drug-likeness (QED) is 0.857. The summed E-state index contributed by atoms with van der Waals surface area (Å²) in [4.78, 5) is 5.48. The Morgan fingerprint density at radius 2 is 2.06 bits per heavy atom. The molecule has 1 radical (unpaired) electrons. The van der Waals surface area contributed by atoms with Gasteiger partial charge in [-0.05, 0) is 23.3 Å². The SMILES string of the molecule is [CH2][SH]1C=CC=C1c1nc(Cc2ccccc2)no1. The highest BCUT2D eigenvalue weighted by atomic mass is 32.2. The lowest BCUT2D eigenvalue weighted by Gasteiger charge is -2.05. The van der Waals surface area contributed by atoms with Gasteiger partial charge in [-0.25, -0.2) is 10.9 Å². The Hall–Kier alpha value is -1.81. The van der Waals surface area contributed by atoms with Crippen molar-refractivity contribution in [1.82, 2.24) is 10.1 Å². The normalized spacial score (nSPS) is 20.1. The number of hydrogen-bond donors (Lipinski definition) is 1. The van der Waals surface area contributed by atoms with Crippen LogP contribution in [0, 0.1) is 6.26 Å². The summed E-state index contributed by atoms with van der Waals surface area (Å²) in [5.41, 5.74) is 1.18. The summed E-state index contributed by atoms with van der Waals surface area (Å²) in [5, 5.41) is 6.09. The zero-order valence-corrected chi connectivity index (χ0v) is 10.7. The summed E-state index contributed by atoms with van der Waals surface area (Å²) in [6.45, 7) is 0. The number of allylic oxidation sites excluding steroid dienone is 2. The van der Waals surface area contributed by atoms with Crippen LogP contribution >= 0.6 is 10.9 Å². The van der Waals surface area contributed by atoms with E-state index in [1.807, 2.05) is 30.4 Å². The van der Waals surface area contributed by atoms with Crippen LogP contribution in [0.5, 0.6) is 0 Å². The molecule has 1 aliphatic rings. The van der Waals surface area contributed by atoms with Gasteiger partial charge in [-0.2, -0.15) is 4.98 Å². The molecule has 0 spiro atoms. The summed E-state index contributed by atoms with van der Waals surface area (Å²) in [5.74, 6) is 1.32.